The van der Waals surface area contributed by atoms with E-state index in [0.29, 0.717) is 17.9 Å². The van der Waals surface area contributed by atoms with Gasteiger partial charge in [-0.2, -0.15) is 12.6 Å². The van der Waals surface area contributed by atoms with Gasteiger partial charge in [0.1, 0.15) is 5.75 Å². The first-order valence-corrected chi connectivity index (χ1v) is 8.33. The number of hydrogen-bond acceptors (Lipinski definition) is 5. The van der Waals surface area contributed by atoms with Crippen LogP contribution in [0.5, 0.6) is 5.75 Å². The van der Waals surface area contributed by atoms with Crippen molar-refractivity contribution in [2.45, 2.75) is 23.0 Å². The molecule has 0 radical (unpaired) electrons. The molecule has 0 heterocycles. The number of ether oxygens (including phenoxy) is 1. The first-order valence-electron chi connectivity index (χ1n) is 6.15. The van der Waals surface area contributed by atoms with Gasteiger partial charge in [0.2, 0.25) is 5.91 Å². The first kappa shape index (κ1) is 16.8. The summed E-state index contributed by atoms with van der Waals surface area (Å²) in [5.41, 5.74) is 0. The summed E-state index contributed by atoms with van der Waals surface area (Å²) in [6, 6.07) is 6.15. The van der Waals surface area contributed by atoms with Crippen molar-refractivity contribution in [3.05, 3.63) is 24.3 Å². The summed E-state index contributed by atoms with van der Waals surface area (Å²) >= 11 is 4.07. The van der Waals surface area contributed by atoms with E-state index in [4.69, 9.17) is 4.74 Å². The normalized spacial score (nSPS) is 12.8. The molecule has 7 heteroatoms. The number of hydrogen-bond donors (Lipinski definition) is 2. The lowest BCUT2D eigenvalue weighted by Gasteiger charge is -2.16. The Bertz CT molecular complexity index is 540. The molecule has 0 aliphatic rings. The van der Waals surface area contributed by atoms with E-state index >= 15 is 0 Å². The highest BCUT2D eigenvalue weighted by molar-refractivity contribution is 7.92. The number of carbonyl (C=O) groups excluding carboxylic acids is 1. The Kier molecular flexibility index (Phi) is 6.35. The molecule has 0 aliphatic carbocycles. The molecule has 1 unspecified atom stereocenters. The molecule has 1 atom stereocenters. The summed E-state index contributed by atoms with van der Waals surface area (Å²) in [4.78, 5) is 11.6. The second-order valence-corrected chi connectivity index (χ2v) is 6.91. The maximum Gasteiger partial charge on any atom is 0.221 e. The van der Waals surface area contributed by atoms with Crippen LogP contribution in [0.4, 0.5) is 0 Å². The smallest absolute Gasteiger partial charge is 0.221 e. The number of nitrogens with one attached hydrogen (secondary N) is 1. The molecule has 0 saturated heterocycles. The Balaban J connectivity index is 3.04. The summed E-state index contributed by atoms with van der Waals surface area (Å²) in [5, 5.41) is 1.68. The monoisotopic (exact) mass is 317 g/mol. The van der Waals surface area contributed by atoms with Crippen LogP contribution in [0.15, 0.2) is 29.2 Å². The molecular formula is C13H19NO4S2. The van der Waals surface area contributed by atoms with Crippen LogP contribution >= 0.6 is 12.6 Å². The highest BCUT2D eigenvalue weighted by atomic mass is 32.2. The van der Waals surface area contributed by atoms with Crippen molar-refractivity contribution < 1.29 is 17.9 Å². The topological polar surface area (TPSA) is 72.5 Å². The van der Waals surface area contributed by atoms with Gasteiger partial charge in [-0.25, -0.2) is 8.42 Å². The average Bonchev–Trinajstić information content (AvgIpc) is 2.46. The zero-order chi connectivity index (χ0) is 15.2. The van der Waals surface area contributed by atoms with Crippen LogP contribution in [-0.2, 0) is 14.6 Å². The maximum absolute atomic E-state index is 12.5. The minimum absolute atomic E-state index is 0.0641. The highest BCUT2D eigenvalue weighted by Gasteiger charge is 2.28. The molecule has 0 saturated carbocycles. The number of benzene rings is 1. The third-order valence-electron chi connectivity index (χ3n) is 2.97. The van der Waals surface area contributed by atoms with Gasteiger partial charge in [0.05, 0.1) is 17.3 Å². The molecule has 0 bridgehead atoms. The van der Waals surface area contributed by atoms with Gasteiger partial charge in [-0.15, -0.1) is 0 Å². The molecule has 112 valence electrons. The van der Waals surface area contributed by atoms with Crippen LogP contribution < -0.4 is 10.1 Å². The Morgan fingerprint density at radius 3 is 2.40 bits per heavy atom. The average molecular weight is 317 g/mol. The van der Waals surface area contributed by atoms with E-state index in [2.05, 4.69) is 17.9 Å². The molecular weight excluding hydrogens is 298 g/mol. The van der Waals surface area contributed by atoms with Crippen LogP contribution in [0, 0.1) is 0 Å². The standard InChI is InChI=1S/C13H19NO4S2/c1-14-13(15)9-12(7-8-19)20(16,17)11-5-3-10(18-2)4-6-11/h3-6,12,19H,7-9H2,1-2H3,(H,14,15). The highest BCUT2D eigenvalue weighted by Crippen LogP contribution is 2.23. The van der Waals surface area contributed by atoms with Crippen LogP contribution in [0.3, 0.4) is 0 Å². The lowest BCUT2D eigenvalue weighted by Crippen LogP contribution is -2.30. The van der Waals surface area contributed by atoms with Crippen LogP contribution in [-0.4, -0.2) is 39.5 Å². The minimum atomic E-state index is -3.56. The van der Waals surface area contributed by atoms with Gasteiger partial charge in [-0.1, -0.05) is 0 Å². The summed E-state index contributed by atoms with van der Waals surface area (Å²) in [5.74, 6) is 0.687. The Hall–Kier alpha value is -1.21. The van der Waals surface area contributed by atoms with Gasteiger partial charge in [0.25, 0.3) is 0 Å². The van der Waals surface area contributed by atoms with Crippen molar-refractivity contribution in [3.63, 3.8) is 0 Å². The molecule has 0 aromatic heterocycles. The van der Waals surface area contributed by atoms with Gasteiger partial charge < -0.3 is 10.1 Å². The summed E-state index contributed by atoms with van der Waals surface area (Å²) in [7, 11) is -0.560. The zero-order valence-electron chi connectivity index (χ0n) is 11.5. The molecule has 1 N–H and O–H groups in total. The number of rotatable bonds is 7. The SMILES string of the molecule is CNC(=O)CC(CCS)S(=O)(=O)c1ccc(OC)cc1. The van der Waals surface area contributed by atoms with Crippen LogP contribution in [0.2, 0.25) is 0 Å². The van der Waals surface area contributed by atoms with E-state index in [1.54, 1.807) is 12.1 Å². The zero-order valence-corrected chi connectivity index (χ0v) is 13.2. The third-order valence-corrected chi connectivity index (χ3v) is 5.44. The largest absolute Gasteiger partial charge is 0.497 e. The number of thiol groups is 1. The minimum Gasteiger partial charge on any atom is -0.497 e. The second-order valence-electron chi connectivity index (χ2n) is 4.23. The molecule has 20 heavy (non-hydrogen) atoms. The molecule has 1 aromatic carbocycles. The van der Waals surface area contributed by atoms with Crippen molar-refractivity contribution in [2.75, 3.05) is 19.9 Å². The molecule has 5 nitrogen and oxygen atoms in total. The van der Waals surface area contributed by atoms with E-state index < -0.39 is 15.1 Å². The van der Waals surface area contributed by atoms with Crippen molar-refractivity contribution in [2.24, 2.45) is 0 Å². The number of sulfone groups is 1. The van der Waals surface area contributed by atoms with E-state index in [-0.39, 0.29) is 17.2 Å². The van der Waals surface area contributed by atoms with Crippen molar-refractivity contribution in [1.29, 1.82) is 0 Å². The van der Waals surface area contributed by atoms with E-state index in [1.165, 1.54) is 26.3 Å². The molecule has 0 aliphatic heterocycles. The quantitative estimate of drug-likeness (QED) is 0.744. The Morgan fingerprint density at radius 1 is 1.35 bits per heavy atom. The molecule has 1 rings (SSSR count). The van der Waals surface area contributed by atoms with E-state index in [0.717, 1.165) is 0 Å². The van der Waals surface area contributed by atoms with Crippen LogP contribution in [0.1, 0.15) is 12.8 Å². The van der Waals surface area contributed by atoms with Gasteiger partial charge >= 0.3 is 0 Å². The van der Waals surface area contributed by atoms with Crippen molar-refractivity contribution in [3.8, 4) is 5.75 Å². The lowest BCUT2D eigenvalue weighted by molar-refractivity contribution is -0.120. The van der Waals surface area contributed by atoms with Gasteiger partial charge in [0, 0.05) is 13.5 Å². The second kappa shape index (κ2) is 7.54. The fraction of sp³-hybridized carbons (Fsp3) is 0.462. The first-order chi connectivity index (χ1) is 9.45. The molecule has 0 spiro atoms. The molecule has 1 amide bonds. The number of methoxy groups -OCH3 is 1. The fourth-order valence-electron chi connectivity index (χ4n) is 1.78. The maximum atomic E-state index is 12.5. The molecule has 0 fully saturated rings. The summed E-state index contributed by atoms with van der Waals surface area (Å²) in [6.07, 6.45) is 0.260. The van der Waals surface area contributed by atoms with E-state index in [9.17, 15) is 13.2 Å². The fourth-order valence-corrected chi connectivity index (χ4v) is 3.96. The van der Waals surface area contributed by atoms with Crippen molar-refractivity contribution in [1.82, 2.24) is 5.32 Å². The predicted molar refractivity (Wildman–Crippen MR) is 81.1 cm³/mol. The van der Waals surface area contributed by atoms with E-state index in [1.807, 2.05) is 0 Å². The van der Waals surface area contributed by atoms with Crippen molar-refractivity contribution >= 4 is 28.4 Å². The number of carbonyl (C=O) groups is 1. The van der Waals surface area contributed by atoms with Gasteiger partial charge in [0.15, 0.2) is 9.84 Å². The van der Waals surface area contributed by atoms with Gasteiger partial charge in [-0.3, -0.25) is 4.79 Å². The summed E-state index contributed by atoms with van der Waals surface area (Å²) in [6.45, 7) is 0. The summed E-state index contributed by atoms with van der Waals surface area (Å²) < 4.78 is 30.0. The lowest BCUT2D eigenvalue weighted by atomic mass is 10.2. The predicted octanol–water partition coefficient (Wildman–Crippen LogP) is 1.29. The molecule has 1 aromatic rings. The van der Waals surface area contributed by atoms with Crippen LogP contribution in [0.25, 0.3) is 0 Å². The number of amides is 1. The van der Waals surface area contributed by atoms with Gasteiger partial charge in [-0.05, 0) is 36.4 Å². The third kappa shape index (κ3) is 4.14. The Morgan fingerprint density at radius 2 is 1.95 bits per heavy atom. The Labute approximate surface area is 125 Å².